The van der Waals surface area contributed by atoms with Crippen LogP contribution in [0, 0.1) is 3.57 Å². The van der Waals surface area contributed by atoms with Crippen molar-refractivity contribution in [2.45, 2.75) is 6.10 Å². The summed E-state index contributed by atoms with van der Waals surface area (Å²) in [5.41, 5.74) is 1.57. The molecule has 96 valence electrons. The molecule has 0 bridgehead atoms. The molecule has 1 unspecified atom stereocenters. The van der Waals surface area contributed by atoms with Crippen LogP contribution in [0.2, 0.25) is 5.02 Å². The van der Waals surface area contributed by atoms with Crippen LogP contribution < -0.4 is 0 Å². The molecule has 0 saturated carbocycles. The maximum Gasteiger partial charge on any atom is 0.138 e. The smallest absolute Gasteiger partial charge is 0.138 e. The highest BCUT2D eigenvalue weighted by molar-refractivity contribution is 14.1. The van der Waals surface area contributed by atoms with Crippen LogP contribution in [0.1, 0.15) is 17.4 Å². The summed E-state index contributed by atoms with van der Waals surface area (Å²) >= 11 is 8.15. The number of benzene rings is 2. The molecular weight excluding hydrogens is 375 g/mol. The van der Waals surface area contributed by atoms with Crippen LogP contribution in [0.3, 0.4) is 0 Å². The third-order valence-corrected chi connectivity index (χ3v) is 4.18. The van der Waals surface area contributed by atoms with Gasteiger partial charge in [0, 0.05) is 19.5 Å². The van der Waals surface area contributed by atoms with Crippen LogP contribution >= 0.6 is 34.2 Å². The minimum atomic E-state index is -0.765. The fourth-order valence-electron chi connectivity index (χ4n) is 2.02. The van der Waals surface area contributed by atoms with Gasteiger partial charge < -0.3 is 9.52 Å². The highest BCUT2D eigenvalue weighted by atomic mass is 127. The zero-order chi connectivity index (χ0) is 13.4. The Bertz CT molecular complexity index is 736. The maximum absolute atomic E-state index is 10.4. The van der Waals surface area contributed by atoms with Crippen molar-refractivity contribution in [1.82, 2.24) is 0 Å². The van der Waals surface area contributed by atoms with E-state index in [-0.39, 0.29) is 0 Å². The Balaban J connectivity index is 2.07. The molecule has 0 aliphatic carbocycles. The zero-order valence-electron chi connectivity index (χ0n) is 9.81. The monoisotopic (exact) mass is 384 g/mol. The standard InChI is InChI=1S/C15H10ClIO2/c16-10-5-6-13-9(7-10)8-14(19-13)15(18)11-3-1-2-4-12(11)17/h1-8,15,18H. The van der Waals surface area contributed by atoms with E-state index in [9.17, 15) is 5.11 Å². The van der Waals surface area contributed by atoms with Crippen molar-refractivity contribution >= 4 is 45.2 Å². The van der Waals surface area contributed by atoms with Gasteiger partial charge in [0.05, 0.1) is 0 Å². The molecule has 0 amide bonds. The predicted octanol–water partition coefficient (Wildman–Crippen LogP) is 4.77. The predicted molar refractivity (Wildman–Crippen MR) is 84.4 cm³/mol. The van der Waals surface area contributed by atoms with Gasteiger partial charge in [0.25, 0.3) is 0 Å². The van der Waals surface area contributed by atoms with Crippen LogP contribution in [0.4, 0.5) is 0 Å². The highest BCUT2D eigenvalue weighted by Crippen LogP contribution is 2.31. The Labute approximate surface area is 129 Å². The second kappa shape index (κ2) is 5.15. The lowest BCUT2D eigenvalue weighted by atomic mass is 10.1. The summed E-state index contributed by atoms with van der Waals surface area (Å²) < 4.78 is 6.69. The van der Waals surface area contributed by atoms with Crippen molar-refractivity contribution in [1.29, 1.82) is 0 Å². The van der Waals surface area contributed by atoms with Gasteiger partial charge in [-0.15, -0.1) is 0 Å². The van der Waals surface area contributed by atoms with Crippen LogP contribution in [0.15, 0.2) is 52.9 Å². The van der Waals surface area contributed by atoms with Gasteiger partial charge in [0.15, 0.2) is 0 Å². The van der Waals surface area contributed by atoms with Gasteiger partial charge in [-0.3, -0.25) is 0 Å². The minimum absolute atomic E-state index is 0.529. The van der Waals surface area contributed by atoms with E-state index in [4.69, 9.17) is 16.0 Å². The lowest BCUT2D eigenvalue weighted by Gasteiger charge is -2.09. The molecule has 3 aromatic rings. The van der Waals surface area contributed by atoms with Crippen molar-refractivity contribution in [3.05, 3.63) is 68.4 Å². The second-order valence-electron chi connectivity index (χ2n) is 4.25. The van der Waals surface area contributed by atoms with Gasteiger partial charge in [-0.2, -0.15) is 0 Å². The quantitative estimate of drug-likeness (QED) is 0.646. The summed E-state index contributed by atoms with van der Waals surface area (Å²) in [6, 6.07) is 14.9. The van der Waals surface area contributed by atoms with Crippen LogP contribution in [-0.4, -0.2) is 5.11 Å². The number of furan rings is 1. The maximum atomic E-state index is 10.4. The first-order valence-corrected chi connectivity index (χ1v) is 7.22. The number of aliphatic hydroxyl groups is 1. The first kappa shape index (κ1) is 13.0. The molecule has 4 heteroatoms. The second-order valence-corrected chi connectivity index (χ2v) is 5.85. The fraction of sp³-hybridized carbons (Fsp3) is 0.0667. The van der Waals surface area contributed by atoms with Crippen LogP contribution in [0.25, 0.3) is 11.0 Å². The SMILES string of the molecule is OC(c1cc2cc(Cl)ccc2o1)c1ccccc1I. The van der Waals surface area contributed by atoms with Gasteiger partial charge in [-0.25, -0.2) is 0 Å². The molecule has 0 saturated heterocycles. The number of halogens is 2. The van der Waals surface area contributed by atoms with Gasteiger partial charge in [-0.05, 0) is 52.9 Å². The third-order valence-electron chi connectivity index (χ3n) is 2.97. The minimum Gasteiger partial charge on any atom is -0.458 e. The van der Waals surface area contributed by atoms with Crippen molar-refractivity contribution < 1.29 is 9.52 Å². The molecule has 2 aromatic carbocycles. The van der Waals surface area contributed by atoms with Gasteiger partial charge in [0.1, 0.15) is 17.4 Å². The zero-order valence-corrected chi connectivity index (χ0v) is 12.7. The Morgan fingerprint density at radius 2 is 1.89 bits per heavy atom. The van der Waals surface area contributed by atoms with Crippen molar-refractivity contribution in [3.8, 4) is 0 Å². The summed E-state index contributed by atoms with van der Waals surface area (Å²) in [5, 5.41) is 12.0. The molecule has 1 N–H and O–H groups in total. The van der Waals surface area contributed by atoms with Crippen molar-refractivity contribution in [2.75, 3.05) is 0 Å². The van der Waals surface area contributed by atoms with Gasteiger partial charge in [-0.1, -0.05) is 29.8 Å². The van der Waals surface area contributed by atoms with E-state index in [0.717, 1.165) is 20.1 Å². The largest absolute Gasteiger partial charge is 0.458 e. The van der Waals surface area contributed by atoms with Gasteiger partial charge >= 0.3 is 0 Å². The first-order chi connectivity index (χ1) is 9.15. The van der Waals surface area contributed by atoms with Crippen molar-refractivity contribution in [2.24, 2.45) is 0 Å². The summed E-state index contributed by atoms with van der Waals surface area (Å²) in [6.45, 7) is 0. The molecule has 1 aromatic heterocycles. The molecule has 3 rings (SSSR count). The van der Waals surface area contributed by atoms with Crippen LogP contribution in [0.5, 0.6) is 0 Å². The fourth-order valence-corrected chi connectivity index (χ4v) is 2.88. The Hall–Kier alpha value is -1.04. The summed E-state index contributed by atoms with van der Waals surface area (Å²) in [4.78, 5) is 0. The van der Waals surface area contributed by atoms with Gasteiger partial charge in [0.2, 0.25) is 0 Å². The van der Waals surface area contributed by atoms with E-state index in [1.807, 2.05) is 42.5 Å². The summed E-state index contributed by atoms with van der Waals surface area (Å²) in [7, 11) is 0. The lowest BCUT2D eigenvalue weighted by molar-refractivity contribution is 0.191. The average Bonchev–Trinajstić information content (AvgIpc) is 2.81. The number of rotatable bonds is 2. The molecular formula is C15H10ClIO2. The number of fused-ring (bicyclic) bond motifs is 1. The van der Waals surface area contributed by atoms with Crippen LogP contribution in [-0.2, 0) is 0 Å². The number of hydrogen-bond acceptors (Lipinski definition) is 2. The molecule has 0 spiro atoms. The number of aliphatic hydroxyl groups excluding tert-OH is 1. The summed E-state index contributed by atoms with van der Waals surface area (Å²) in [6.07, 6.45) is -0.765. The van der Waals surface area contributed by atoms with E-state index in [2.05, 4.69) is 22.6 Å². The Morgan fingerprint density at radius 3 is 2.68 bits per heavy atom. The molecule has 0 aliphatic heterocycles. The molecule has 2 nitrogen and oxygen atoms in total. The Morgan fingerprint density at radius 1 is 1.11 bits per heavy atom. The summed E-state index contributed by atoms with van der Waals surface area (Å²) in [5.74, 6) is 0.529. The van der Waals surface area contributed by atoms with E-state index in [1.165, 1.54) is 0 Å². The Kier molecular flexibility index (Phi) is 3.52. The highest BCUT2D eigenvalue weighted by Gasteiger charge is 2.17. The first-order valence-electron chi connectivity index (χ1n) is 5.76. The van der Waals surface area contributed by atoms with E-state index >= 15 is 0 Å². The molecule has 0 fully saturated rings. The topological polar surface area (TPSA) is 33.4 Å². The van der Waals surface area contributed by atoms with E-state index in [0.29, 0.717) is 10.8 Å². The molecule has 0 aliphatic rings. The van der Waals surface area contributed by atoms with Crippen molar-refractivity contribution in [3.63, 3.8) is 0 Å². The molecule has 1 heterocycles. The molecule has 19 heavy (non-hydrogen) atoms. The van der Waals surface area contributed by atoms with E-state index < -0.39 is 6.10 Å². The molecule has 1 atom stereocenters. The van der Waals surface area contributed by atoms with E-state index in [1.54, 1.807) is 6.07 Å². The average molecular weight is 385 g/mol. The number of hydrogen-bond donors (Lipinski definition) is 1. The normalized spacial score (nSPS) is 12.8. The molecule has 0 radical (unpaired) electrons. The third kappa shape index (κ3) is 2.50. The lowest BCUT2D eigenvalue weighted by Crippen LogP contribution is -2.00.